The quantitative estimate of drug-likeness (QED) is 0.138. The summed E-state index contributed by atoms with van der Waals surface area (Å²) in [4.78, 5) is 14.5. The van der Waals surface area contributed by atoms with Crippen LogP contribution in [0.15, 0.2) is 243 Å². The molecular weight excluding hydrogens is 779 g/mol. The van der Waals surface area contributed by atoms with Crippen molar-refractivity contribution in [3.8, 4) is 39.2 Å². The van der Waals surface area contributed by atoms with Gasteiger partial charge in [0.2, 0.25) is 0 Å². The molecule has 0 radical (unpaired) electrons. The van der Waals surface area contributed by atoms with Crippen LogP contribution in [0.3, 0.4) is 0 Å². The van der Waals surface area contributed by atoms with Crippen LogP contribution in [0, 0.1) is 6.92 Å². The number of hydrogen-bond acceptors (Lipinski definition) is 4. The van der Waals surface area contributed by atoms with Crippen molar-refractivity contribution >= 4 is 55.9 Å². The molecule has 0 aliphatic heterocycles. The molecule has 0 saturated carbocycles. The van der Waals surface area contributed by atoms with E-state index in [1.54, 1.807) is 0 Å². The summed E-state index contributed by atoms with van der Waals surface area (Å²) in [5, 5.41) is 2.26. The lowest BCUT2D eigenvalue weighted by atomic mass is 9.94. The summed E-state index contributed by atoms with van der Waals surface area (Å²) >= 11 is 0. The van der Waals surface area contributed by atoms with Gasteiger partial charge in [-0.2, -0.15) is 0 Å². The highest BCUT2D eigenvalue weighted by Crippen LogP contribution is 2.45. The Kier molecular flexibility index (Phi) is 10.0. The smallest absolute Gasteiger partial charge is 0.0730 e. The van der Waals surface area contributed by atoms with Crippen LogP contribution < -0.4 is 9.80 Å². The molecule has 0 amide bonds. The van der Waals surface area contributed by atoms with Gasteiger partial charge in [-0.1, -0.05) is 133 Å². The lowest BCUT2D eigenvalue weighted by Gasteiger charge is -2.26. The van der Waals surface area contributed by atoms with Crippen molar-refractivity contribution in [2.45, 2.75) is 6.92 Å². The minimum Gasteiger partial charge on any atom is -0.310 e. The highest BCUT2D eigenvalue weighted by molar-refractivity contribution is 6.13. The molecule has 0 N–H and O–H groups in total. The average molecular weight is 822 g/mol. The van der Waals surface area contributed by atoms with Crippen LogP contribution in [-0.4, -0.2) is 14.5 Å². The molecule has 0 bridgehead atoms. The fourth-order valence-electron chi connectivity index (χ4n) is 9.01. The standard InChI is InChI=1S/C59H43N5/c1-42-18-17-29-55(61-42)44-30-32-45(33-31-44)59-54(43-19-7-2-8-20-43)40-60-41-58(59)64-56-36-34-50(62(46-21-9-3-10-22-46)47-23-11-4-12-24-47)38-52(56)53-39-51(35-37-57(53)64)63(48-25-13-5-14-26-48)49-27-15-6-16-28-49/h2-41H,1H3. The van der Waals surface area contributed by atoms with E-state index in [9.17, 15) is 0 Å². The van der Waals surface area contributed by atoms with Crippen molar-refractivity contribution in [2.24, 2.45) is 0 Å². The number of benzene rings is 8. The number of pyridine rings is 2. The number of aryl methyl sites for hydroxylation is 1. The molecule has 0 aliphatic carbocycles. The first kappa shape index (κ1) is 38.4. The Morgan fingerprint density at radius 1 is 0.375 bits per heavy atom. The molecule has 0 spiro atoms. The molecule has 11 aromatic rings. The predicted molar refractivity (Wildman–Crippen MR) is 267 cm³/mol. The summed E-state index contributed by atoms with van der Waals surface area (Å²) in [5.41, 5.74) is 17.0. The molecular formula is C59H43N5. The Labute approximate surface area is 373 Å². The Bertz CT molecular complexity index is 3150. The minimum atomic E-state index is 0.957. The number of hydrogen-bond donors (Lipinski definition) is 0. The Morgan fingerprint density at radius 3 is 1.30 bits per heavy atom. The molecule has 0 atom stereocenters. The van der Waals surface area contributed by atoms with E-state index >= 15 is 0 Å². The van der Waals surface area contributed by atoms with Crippen molar-refractivity contribution in [2.75, 3.05) is 9.80 Å². The minimum absolute atomic E-state index is 0.957. The number of anilines is 6. The van der Waals surface area contributed by atoms with Crippen LogP contribution in [0.5, 0.6) is 0 Å². The van der Waals surface area contributed by atoms with Crippen LogP contribution in [0.4, 0.5) is 34.1 Å². The molecule has 0 fully saturated rings. The van der Waals surface area contributed by atoms with Crippen molar-refractivity contribution < 1.29 is 0 Å². The van der Waals surface area contributed by atoms with E-state index < -0.39 is 0 Å². The molecule has 11 rings (SSSR count). The highest BCUT2D eigenvalue weighted by atomic mass is 15.1. The fraction of sp³-hybridized carbons (Fsp3) is 0.0169. The summed E-state index contributed by atoms with van der Waals surface area (Å²) in [6, 6.07) is 81.8. The molecule has 3 aromatic heterocycles. The Hall–Kier alpha value is -8.54. The Balaban J connectivity index is 1.19. The van der Waals surface area contributed by atoms with Gasteiger partial charge < -0.3 is 14.4 Å². The second-order valence-corrected chi connectivity index (χ2v) is 15.9. The molecule has 0 saturated heterocycles. The molecule has 0 unspecified atom stereocenters. The average Bonchev–Trinajstić information content (AvgIpc) is 3.68. The third kappa shape index (κ3) is 7.15. The van der Waals surface area contributed by atoms with Gasteiger partial charge in [-0.05, 0) is 115 Å². The number of aromatic nitrogens is 3. The van der Waals surface area contributed by atoms with Gasteiger partial charge in [0.25, 0.3) is 0 Å². The SMILES string of the molecule is Cc1cccc(-c2ccc(-c3c(-c4ccccc4)cncc3-n3c4ccc(N(c5ccccc5)c5ccccc5)cc4c4cc(N(c5ccccc5)c5ccccc5)ccc43)cc2)n1. The highest BCUT2D eigenvalue weighted by Gasteiger charge is 2.23. The number of fused-ring (bicyclic) bond motifs is 3. The van der Waals surface area contributed by atoms with Gasteiger partial charge in [0, 0.05) is 73.5 Å². The maximum atomic E-state index is 4.99. The summed E-state index contributed by atoms with van der Waals surface area (Å²) in [6.07, 6.45) is 4.03. The van der Waals surface area contributed by atoms with Crippen molar-refractivity contribution in [1.82, 2.24) is 14.5 Å². The van der Waals surface area contributed by atoms with E-state index in [-0.39, 0.29) is 0 Å². The molecule has 0 aliphatic rings. The number of nitrogens with zero attached hydrogens (tertiary/aromatic N) is 5. The van der Waals surface area contributed by atoms with Gasteiger partial charge in [-0.15, -0.1) is 0 Å². The zero-order chi connectivity index (χ0) is 42.8. The summed E-state index contributed by atoms with van der Waals surface area (Å²) in [6.45, 7) is 2.03. The van der Waals surface area contributed by atoms with Crippen LogP contribution in [-0.2, 0) is 0 Å². The molecule has 304 valence electrons. The van der Waals surface area contributed by atoms with Gasteiger partial charge in [0.05, 0.1) is 28.6 Å². The van der Waals surface area contributed by atoms with E-state index in [0.29, 0.717) is 0 Å². The summed E-state index contributed by atoms with van der Waals surface area (Å²) < 4.78 is 2.41. The largest absolute Gasteiger partial charge is 0.310 e. The third-order valence-electron chi connectivity index (χ3n) is 11.9. The number of para-hydroxylation sites is 4. The van der Waals surface area contributed by atoms with E-state index in [1.807, 2.05) is 25.4 Å². The molecule has 8 aromatic carbocycles. The van der Waals surface area contributed by atoms with E-state index in [4.69, 9.17) is 9.97 Å². The maximum absolute atomic E-state index is 4.99. The van der Waals surface area contributed by atoms with Gasteiger partial charge >= 0.3 is 0 Å². The van der Waals surface area contributed by atoms with E-state index in [2.05, 4.69) is 239 Å². The van der Waals surface area contributed by atoms with Crippen LogP contribution >= 0.6 is 0 Å². The fourth-order valence-corrected chi connectivity index (χ4v) is 9.01. The van der Waals surface area contributed by atoms with Crippen molar-refractivity contribution in [3.63, 3.8) is 0 Å². The second kappa shape index (κ2) is 16.7. The normalized spacial score (nSPS) is 11.2. The first-order chi connectivity index (χ1) is 31.7. The van der Waals surface area contributed by atoms with Gasteiger partial charge in [0.1, 0.15) is 0 Å². The van der Waals surface area contributed by atoms with Crippen molar-refractivity contribution in [3.05, 3.63) is 249 Å². The van der Waals surface area contributed by atoms with Gasteiger partial charge in [0.15, 0.2) is 0 Å². The van der Waals surface area contributed by atoms with Crippen LogP contribution in [0.25, 0.3) is 61.0 Å². The molecule has 5 heteroatoms. The first-order valence-electron chi connectivity index (χ1n) is 21.6. The number of rotatable bonds is 10. The summed E-state index contributed by atoms with van der Waals surface area (Å²) in [5.74, 6) is 0. The topological polar surface area (TPSA) is 37.2 Å². The summed E-state index contributed by atoms with van der Waals surface area (Å²) in [7, 11) is 0. The zero-order valence-electron chi connectivity index (χ0n) is 35.3. The van der Waals surface area contributed by atoms with Gasteiger partial charge in [-0.3, -0.25) is 9.97 Å². The maximum Gasteiger partial charge on any atom is 0.0730 e. The lowest BCUT2D eigenvalue weighted by molar-refractivity contribution is 1.14. The Morgan fingerprint density at radius 2 is 0.828 bits per heavy atom. The van der Waals surface area contributed by atoms with E-state index in [1.165, 1.54) is 0 Å². The van der Waals surface area contributed by atoms with Crippen LogP contribution in [0.1, 0.15) is 5.69 Å². The second-order valence-electron chi connectivity index (χ2n) is 15.9. The molecule has 64 heavy (non-hydrogen) atoms. The molecule has 5 nitrogen and oxygen atoms in total. The third-order valence-corrected chi connectivity index (χ3v) is 11.9. The van der Waals surface area contributed by atoms with Crippen molar-refractivity contribution in [1.29, 1.82) is 0 Å². The van der Waals surface area contributed by atoms with Gasteiger partial charge in [-0.25, -0.2) is 0 Å². The zero-order valence-corrected chi connectivity index (χ0v) is 35.3. The lowest BCUT2D eigenvalue weighted by Crippen LogP contribution is -2.09. The monoisotopic (exact) mass is 821 g/mol. The van der Waals surface area contributed by atoms with E-state index in [0.717, 1.165) is 101 Å². The predicted octanol–water partition coefficient (Wildman–Crippen LogP) is 15.8. The molecule has 3 heterocycles. The first-order valence-corrected chi connectivity index (χ1v) is 21.6. The van der Waals surface area contributed by atoms with Crippen LogP contribution in [0.2, 0.25) is 0 Å².